The molecule has 3 aromatic carbocycles. The molecule has 114 valence electrons. The highest BCUT2D eigenvalue weighted by Gasteiger charge is 2.07. The van der Waals surface area contributed by atoms with Crippen molar-refractivity contribution < 1.29 is 0 Å². The molecular formula is C19H16ClN3. The summed E-state index contributed by atoms with van der Waals surface area (Å²) in [6.07, 6.45) is 0. The zero-order valence-corrected chi connectivity index (χ0v) is 13.2. The van der Waals surface area contributed by atoms with Crippen molar-refractivity contribution in [2.75, 3.05) is 10.9 Å². The second kappa shape index (κ2) is 6.55. The number of pyridine rings is 1. The van der Waals surface area contributed by atoms with Gasteiger partial charge in [-0.3, -0.25) is 10.9 Å². The standard InChI is InChI=1S/C19H15N3.ClH/c1-2-8-14(9-3-1)21-22-19-17-12-5-4-10-15(17)16-11-6-7-13-18(16)20-19;/h1-13,21H,(H,20,22);1H. The van der Waals surface area contributed by atoms with Crippen molar-refractivity contribution in [2.45, 2.75) is 0 Å². The first-order chi connectivity index (χ1) is 10.9. The van der Waals surface area contributed by atoms with Gasteiger partial charge in [0.25, 0.3) is 0 Å². The van der Waals surface area contributed by atoms with Gasteiger partial charge in [-0.25, -0.2) is 4.98 Å². The van der Waals surface area contributed by atoms with E-state index in [1.165, 1.54) is 10.8 Å². The SMILES string of the molecule is Cl.c1ccc(NNc2nc3ccccc3c3ccccc23)cc1. The van der Waals surface area contributed by atoms with Crippen molar-refractivity contribution in [3.63, 3.8) is 0 Å². The minimum absolute atomic E-state index is 0. The van der Waals surface area contributed by atoms with E-state index in [0.717, 1.165) is 22.4 Å². The van der Waals surface area contributed by atoms with Gasteiger partial charge in [0, 0.05) is 10.8 Å². The second-order valence-electron chi connectivity index (χ2n) is 5.14. The van der Waals surface area contributed by atoms with Crippen LogP contribution >= 0.6 is 12.4 Å². The molecule has 0 fully saturated rings. The highest BCUT2D eigenvalue weighted by Crippen LogP contribution is 2.28. The van der Waals surface area contributed by atoms with E-state index in [0.29, 0.717) is 0 Å². The fourth-order valence-corrected chi connectivity index (χ4v) is 2.65. The van der Waals surface area contributed by atoms with Crippen molar-refractivity contribution >= 4 is 45.6 Å². The molecule has 0 aliphatic rings. The lowest BCUT2D eigenvalue weighted by molar-refractivity contribution is 1.33. The maximum Gasteiger partial charge on any atom is 0.153 e. The lowest BCUT2D eigenvalue weighted by Gasteiger charge is -2.13. The van der Waals surface area contributed by atoms with E-state index in [9.17, 15) is 0 Å². The lowest BCUT2D eigenvalue weighted by Crippen LogP contribution is -2.10. The predicted molar refractivity (Wildman–Crippen MR) is 100 cm³/mol. The van der Waals surface area contributed by atoms with Gasteiger partial charge >= 0.3 is 0 Å². The van der Waals surface area contributed by atoms with Crippen molar-refractivity contribution in [1.82, 2.24) is 4.98 Å². The number of para-hydroxylation sites is 2. The number of aromatic nitrogens is 1. The molecular weight excluding hydrogens is 306 g/mol. The summed E-state index contributed by atoms with van der Waals surface area (Å²) < 4.78 is 0. The summed E-state index contributed by atoms with van der Waals surface area (Å²) >= 11 is 0. The van der Waals surface area contributed by atoms with E-state index < -0.39 is 0 Å². The van der Waals surface area contributed by atoms with E-state index in [1.54, 1.807) is 0 Å². The normalized spacial score (nSPS) is 10.3. The molecule has 0 aliphatic heterocycles. The summed E-state index contributed by atoms with van der Waals surface area (Å²) in [4.78, 5) is 4.74. The number of rotatable bonds is 3. The first-order valence-corrected chi connectivity index (χ1v) is 7.26. The van der Waals surface area contributed by atoms with Crippen LogP contribution in [0, 0.1) is 0 Å². The quantitative estimate of drug-likeness (QED) is 0.400. The van der Waals surface area contributed by atoms with Crippen LogP contribution in [0.5, 0.6) is 0 Å². The zero-order valence-electron chi connectivity index (χ0n) is 12.4. The van der Waals surface area contributed by atoms with Gasteiger partial charge < -0.3 is 0 Å². The first kappa shape index (κ1) is 15.1. The van der Waals surface area contributed by atoms with Crippen LogP contribution in [0.2, 0.25) is 0 Å². The zero-order chi connectivity index (χ0) is 14.8. The Labute approximate surface area is 140 Å². The predicted octanol–water partition coefficient (Wildman–Crippen LogP) is 5.25. The molecule has 0 amide bonds. The number of nitrogens with one attached hydrogen (secondary N) is 2. The highest BCUT2D eigenvalue weighted by atomic mass is 35.5. The molecule has 3 nitrogen and oxygen atoms in total. The molecule has 1 aromatic heterocycles. The molecule has 4 rings (SSSR count). The maximum atomic E-state index is 4.74. The van der Waals surface area contributed by atoms with E-state index in [4.69, 9.17) is 4.98 Å². The summed E-state index contributed by atoms with van der Waals surface area (Å²) in [5, 5.41) is 3.47. The third kappa shape index (κ3) is 2.91. The van der Waals surface area contributed by atoms with Gasteiger partial charge in [0.15, 0.2) is 5.82 Å². The largest absolute Gasteiger partial charge is 0.300 e. The summed E-state index contributed by atoms with van der Waals surface area (Å²) in [7, 11) is 0. The molecule has 0 bridgehead atoms. The van der Waals surface area contributed by atoms with Crippen LogP contribution in [0.3, 0.4) is 0 Å². The van der Waals surface area contributed by atoms with Crippen LogP contribution in [0.25, 0.3) is 21.7 Å². The summed E-state index contributed by atoms with van der Waals surface area (Å²) in [5.74, 6) is 0.832. The number of benzene rings is 3. The van der Waals surface area contributed by atoms with Gasteiger partial charge in [0.05, 0.1) is 11.2 Å². The molecule has 0 spiro atoms. The number of anilines is 2. The van der Waals surface area contributed by atoms with Crippen LogP contribution in [-0.4, -0.2) is 4.98 Å². The van der Waals surface area contributed by atoms with Crippen molar-refractivity contribution in [3.8, 4) is 0 Å². The third-order valence-electron chi connectivity index (χ3n) is 3.71. The topological polar surface area (TPSA) is 37.0 Å². The van der Waals surface area contributed by atoms with E-state index in [1.807, 2.05) is 54.6 Å². The summed E-state index contributed by atoms with van der Waals surface area (Å²) in [5.41, 5.74) is 8.43. The minimum Gasteiger partial charge on any atom is -0.300 e. The van der Waals surface area contributed by atoms with Gasteiger partial charge in [-0.2, -0.15) is 0 Å². The Morgan fingerprint density at radius 3 is 1.96 bits per heavy atom. The van der Waals surface area contributed by atoms with Gasteiger partial charge in [-0.15, -0.1) is 12.4 Å². The van der Waals surface area contributed by atoms with E-state index in [2.05, 4.69) is 35.1 Å². The minimum atomic E-state index is 0. The van der Waals surface area contributed by atoms with Gasteiger partial charge in [-0.1, -0.05) is 60.7 Å². The molecule has 23 heavy (non-hydrogen) atoms. The Bertz CT molecular complexity index is 939. The number of halogens is 1. The Morgan fingerprint density at radius 1 is 0.565 bits per heavy atom. The Morgan fingerprint density at radius 2 is 1.17 bits per heavy atom. The number of fused-ring (bicyclic) bond motifs is 3. The average Bonchev–Trinajstić information content (AvgIpc) is 2.60. The average molecular weight is 322 g/mol. The highest BCUT2D eigenvalue weighted by molar-refractivity contribution is 6.10. The molecule has 0 aliphatic carbocycles. The number of hydrogen-bond acceptors (Lipinski definition) is 3. The van der Waals surface area contributed by atoms with Crippen LogP contribution in [0.4, 0.5) is 11.5 Å². The van der Waals surface area contributed by atoms with Crippen LogP contribution in [-0.2, 0) is 0 Å². The third-order valence-corrected chi connectivity index (χ3v) is 3.71. The smallest absolute Gasteiger partial charge is 0.153 e. The number of hydrazine groups is 1. The van der Waals surface area contributed by atoms with Crippen molar-refractivity contribution in [3.05, 3.63) is 78.9 Å². The molecule has 0 atom stereocenters. The van der Waals surface area contributed by atoms with Crippen LogP contribution in [0.15, 0.2) is 78.9 Å². The number of nitrogens with zero attached hydrogens (tertiary/aromatic N) is 1. The summed E-state index contributed by atoms with van der Waals surface area (Å²) in [6.45, 7) is 0. The van der Waals surface area contributed by atoms with Gasteiger partial charge in [0.1, 0.15) is 0 Å². The number of hydrogen-bond donors (Lipinski definition) is 2. The first-order valence-electron chi connectivity index (χ1n) is 7.26. The Balaban J connectivity index is 0.00000156. The second-order valence-corrected chi connectivity index (χ2v) is 5.14. The maximum absolute atomic E-state index is 4.74. The molecule has 2 N–H and O–H groups in total. The molecule has 0 unspecified atom stereocenters. The molecule has 0 saturated carbocycles. The fraction of sp³-hybridized carbons (Fsp3) is 0. The monoisotopic (exact) mass is 321 g/mol. The summed E-state index contributed by atoms with van der Waals surface area (Å²) in [6, 6.07) is 26.5. The molecule has 0 saturated heterocycles. The van der Waals surface area contributed by atoms with Gasteiger partial charge in [-0.05, 0) is 23.6 Å². The van der Waals surface area contributed by atoms with E-state index in [-0.39, 0.29) is 12.4 Å². The van der Waals surface area contributed by atoms with E-state index >= 15 is 0 Å². The lowest BCUT2D eigenvalue weighted by atomic mass is 10.1. The van der Waals surface area contributed by atoms with Crippen LogP contribution < -0.4 is 10.9 Å². The van der Waals surface area contributed by atoms with Crippen molar-refractivity contribution in [1.29, 1.82) is 0 Å². The Kier molecular flexibility index (Phi) is 4.31. The molecule has 4 heteroatoms. The molecule has 1 heterocycles. The molecule has 0 radical (unpaired) electrons. The van der Waals surface area contributed by atoms with Crippen molar-refractivity contribution in [2.24, 2.45) is 0 Å². The van der Waals surface area contributed by atoms with Gasteiger partial charge in [0.2, 0.25) is 0 Å². The Hall–Kier alpha value is -2.78. The van der Waals surface area contributed by atoms with Crippen LogP contribution in [0.1, 0.15) is 0 Å². The molecule has 4 aromatic rings. The fourth-order valence-electron chi connectivity index (χ4n) is 2.65.